The Morgan fingerprint density at radius 2 is 2.00 bits per heavy atom. The third kappa shape index (κ3) is 3.61. The van der Waals surface area contributed by atoms with Crippen LogP contribution in [0.5, 0.6) is 11.5 Å². The van der Waals surface area contributed by atoms with Crippen LogP contribution in [0.25, 0.3) is 0 Å². The minimum absolute atomic E-state index is 0.0839. The fourth-order valence-electron chi connectivity index (χ4n) is 1.49. The van der Waals surface area contributed by atoms with Gasteiger partial charge in [-0.15, -0.1) is 0 Å². The van der Waals surface area contributed by atoms with E-state index in [2.05, 4.69) is 18.7 Å². The monoisotopic (exact) mass is 239 g/mol. The number of aliphatic hydroxyl groups excluding tert-OH is 1. The molecule has 0 aliphatic heterocycles. The normalized spacial score (nSPS) is 13.1. The molecule has 0 fully saturated rings. The van der Waals surface area contributed by atoms with Crippen LogP contribution >= 0.6 is 0 Å². The van der Waals surface area contributed by atoms with E-state index >= 15 is 0 Å². The van der Waals surface area contributed by atoms with Gasteiger partial charge in [-0.2, -0.15) is 0 Å². The number of ether oxygens (including phenoxy) is 1. The van der Waals surface area contributed by atoms with Crippen molar-refractivity contribution in [3.05, 3.63) is 23.8 Å². The summed E-state index contributed by atoms with van der Waals surface area (Å²) < 4.78 is 5.01. The highest BCUT2D eigenvalue weighted by Gasteiger charge is 2.14. The highest BCUT2D eigenvalue weighted by Crippen LogP contribution is 2.29. The van der Waals surface area contributed by atoms with E-state index in [0.29, 0.717) is 18.3 Å². The molecule has 1 unspecified atom stereocenters. The lowest BCUT2D eigenvalue weighted by molar-refractivity contribution is 0.112. The summed E-state index contributed by atoms with van der Waals surface area (Å²) in [6.45, 7) is 4.69. The lowest BCUT2D eigenvalue weighted by Crippen LogP contribution is -2.30. The molecule has 17 heavy (non-hydrogen) atoms. The second-order valence-corrected chi connectivity index (χ2v) is 4.48. The summed E-state index contributed by atoms with van der Waals surface area (Å²) in [5.74, 6) is 0.467. The van der Waals surface area contributed by atoms with Crippen molar-refractivity contribution < 1.29 is 14.9 Å². The number of hydrogen-bond acceptors (Lipinski definition) is 4. The molecule has 0 aliphatic carbocycles. The van der Waals surface area contributed by atoms with Gasteiger partial charge in [0, 0.05) is 12.6 Å². The van der Waals surface area contributed by atoms with Gasteiger partial charge in [0.2, 0.25) is 0 Å². The number of phenolic OH excluding ortho intramolecular Hbond substituents is 1. The molecule has 96 valence electrons. The fraction of sp³-hybridized carbons (Fsp3) is 0.538. The van der Waals surface area contributed by atoms with Crippen molar-refractivity contribution in [1.29, 1.82) is 0 Å². The molecule has 0 radical (unpaired) electrons. The third-order valence-electron chi connectivity index (χ3n) is 2.93. The zero-order valence-electron chi connectivity index (χ0n) is 10.8. The van der Waals surface area contributed by atoms with E-state index in [9.17, 15) is 10.2 Å². The van der Waals surface area contributed by atoms with Crippen molar-refractivity contribution in [2.75, 3.05) is 20.7 Å². The summed E-state index contributed by atoms with van der Waals surface area (Å²) in [4.78, 5) is 2.06. The first-order chi connectivity index (χ1) is 7.95. The summed E-state index contributed by atoms with van der Waals surface area (Å²) in [6.07, 6.45) is -0.586. The molecule has 1 aromatic rings. The number of aliphatic hydroxyl groups is 1. The molecule has 4 heteroatoms. The summed E-state index contributed by atoms with van der Waals surface area (Å²) in [5, 5.41) is 19.5. The maximum Gasteiger partial charge on any atom is 0.160 e. The Kier molecular flexibility index (Phi) is 4.78. The van der Waals surface area contributed by atoms with Crippen LogP contribution in [0.15, 0.2) is 18.2 Å². The molecule has 1 rings (SSSR count). The molecular formula is C13H21NO3. The number of hydrogen-bond donors (Lipinski definition) is 2. The Morgan fingerprint density at radius 3 is 2.53 bits per heavy atom. The van der Waals surface area contributed by atoms with Gasteiger partial charge in [0.1, 0.15) is 0 Å². The van der Waals surface area contributed by atoms with Crippen LogP contribution in [-0.4, -0.2) is 41.9 Å². The molecule has 0 aromatic heterocycles. The zero-order valence-corrected chi connectivity index (χ0v) is 10.8. The van der Waals surface area contributed by atoms with Crippen molar-refractivity contribution in [3.8, 4) is 11.5 Å². The molecule has 0 aliphatic rings. The largest absolute Gasteiger partial charge is 0.504 e. The van der Waals surface area contributed by atoms with Crippen LogP contribution in [0.1, 0.15) is 25.5 Å². The topological polar surface area (TPSA) is 52.9 Å². The number of rotatable bonds is 5. The van der Waals surface area contributed by atoms with E-state index in [0.717, 1.165) is 5.56 Å². The Morgan fingerprint density at radius 1 is 1.35 bits per heavy atom. The Bertz CT molecular complexity index is 366. The molecule has 1 aromatic carbocycles. The van der Waals surface area contributed by atoms with Gasteiger partial charge in [-0.3, -0.25) is 0 Å². The van der Waals surface area contributed by atoms with Crippen LogP contribution in [0.4, 0.5) is 0 Å². The number of likely N-dealkylation sites (N-methyl/N-ethyl adjacent to an activating group) is 1. The predicted molar refractivity (Wildman–Crippen MR) is 67.4 cm³/mol. The average molecular weight is 239 g/mol. The number of nitrogens with zero attached hydrogens (tertiary/aromatic N) is 1. The lowest BCUT2D eigenvalue weighted by atomic mass is 10.1. The SMILES string of the molecule is COc1cc(C(O)CN(C)C(C)C)ccc1O. The smallest absolute Gasteiger partial charge is 0.160 e. The van der Waals surface area contributed by atoms with Gasteiger partial charge in [0.15, 0.2) is 11.5 Å². The maximum atomic E-state index is 10.1. The van der Waals surface area contributed by atoms with Gasteiger partial charge in [-0.25, -0.2) is 0 Å². The minimum atomic E-state index is -0.586. The first kappa shape index (κ1) is 13.8. The van der Waals surface area contributed by atoms with Crippen molar-refractivity contribution >= 4 is 0 Å². The van der Waals surface area contributed by atoms with Gasteiger partial charge in [0.25, 0.3) is 0 Å². The Balaban J connectivity index is 2.78. The van der Waals surface area contributed by atoms with Gasteiger partial charge >= 0.3 is 0 Å². The maximum absolute atomic E-state index is 10.1. The number of phenols is 1. The highest BCUT2D eigenvalue weighted by molar-refractivity contribution is 5.42. The summed E-state index contributed by atoms with van der Waals surface area (Å²) >= 11 is 0. The Hall–Kier alpha value is -1.26. The molecule has 2 N–H and O–H groups in total. The molecule has 4 nitrogen and oxygen atoms in total. The van der Waals surface area contributed by atoms with Gasteiger partial charge in [0.05, 0.1) is 13.2 Å². The summed E-state index contributed by atoms with van der Waals surface area (Å²) in [6, 6.07) is 5.28. The fourth-order valence-corrected chi connectivity index (χ4v) is 1.49. The van der Waals surface area contributed by atoms with Crippen LogP contribution in [0.3, 0.4) is 0 Å². The molecule has 1 atom stereocenters. The van der Waals surface area contributed by atoms with Gasteiger partial charge in [-0.05, 0) is 38.6 Å². The number of benzene rings is 1. The zero-order chi connectivity index (χ0) is 13.0. The molecular weight excluding hydrogens is 218 g/mol. The molecule has 0 amide bonds. The molecule has 0 heterocycles. The standard InChI is InChI=1S/C13H21NO3/c1-9(2)14(3)8-12(16)10-5-6-11(15)13(7-10)17-4/h5-7,9,12,15-16H,8H2,1-4H3. The van der Waals surface area contributed by atoms with Crippen molar-refractivity contribution in [2.24, 2.45) is 0 Å². The summed E-state index contributed by atoms with van der Waals surface area (Å²) in [7, 11) is 3.46. The lowest BCUT2D eigenvalue weighted by Gasteiger charge is -2.24. The van der Waals surface area contributed by atoms with E-state index in [1.165, 1.54) is 13.2 Å². The first-order valence-corrected chi connectivity index (χ1v) is 5.71. The van der Waals surface area contributed by atoms with Crippen LogP contribution < -0.4 is 4.74 Å². The van der Waals surface area contributed by atoms with E-state index in [1.54, 1.807) is 12.1 Å². The quantitative estimate of drug-likeness (QED) is 0.822. The second kappa shape index (κ2) is 5.89. The first-order valence-electron chi connectivity index (χ1n) is 5.71. The predicted octanol–water partition coefficient (Wildman–Crippen LogP) is 1.77. The minimum Gasteiger partial charge on any atom is -0.504 e. The summed E-state index contributed by atoms with van der Waals surface area (Å²) in [5.41, 5.74) is 0.743. The number of aromatic hydroxyl groups is 1. The van der Waals surface area contributed by atoms with Crippen LogP contribution in [0.2, 0.25) is 0 Å². The average Bonchev–Trinajstić information content (AvgIpc) is 2.29. The van der Waals surface area contributed by atoms with Gasteiger partial charge in [-0.1, -0.05) is 6.07 Å². The molecule has 0 spiro atoms. The van der Waals surface area contributed by atoms with Crippen molar-refractivity contribution in [1.82, 2.24) is 4.90 Å². The van der Waals surface area contributed by atoms with Gasteiger partial charge < -0.3 is 19.8 Å². The molecule has 0 saturated heterocycles. The van der Waals surface area contributed by atoms with E-state index in [4.69, 9.17) is 4.74 Å². The number of methoxy groups -OCH3 is 1. The molecule has 0 bridgehead atoms. The van der Waals surface area contributed by atoms with Crippen LogP contribution in [-0.2, 0) is 0 Å². The highest BCUT2D eigenvalue weighted by atomic mass is 16.5. The second-order valence-electron chi connectivity index (χ2n) is 4.48. The van der Waals surface area contributed by atoms with Crippen LogP contribution in [0, 0.1) is 0 Å². The third-order valence-corrected chi connectivity index (χ3v) is 2.93. The molecule has 0 saturated carbocycles. The Labute approximate surface area is 102 Å². The van der Waals surface area contributed by atoms with E-state index in [-0.39, 0.29) is 5.75 Å². The van der Waals surface area contributed by atoms with E-state index in [1.807, 2.05) is 7.05 Å². The van der Waals surface area contributed by atoms with Crippen molar-refractivity contribution in [2.45, 2.75) is 26.0 Å². The van der Waals surface area contributed by atoms with E-state index < -0.39 is 6.10 Å². The van der Waals surface area contributed by atoms with Crippen molar-refractivity contribution in [3.63, 3.8) is 0 Å².